The molecule has 0 aliphatic carbocycles. The van der Waals surface area contributed by atoms with Gasteiger partial charge in [-0.25, -0.2) is 0 Å². The van der Waals surface area contributed by atoms with Crippen LogP contribution < -0.4 is 143 Å². The van der Waals surface area contributed by atoms with E-state index in [1.165, 1.54) is 0 Å². The molecule has 17 heteroatoms. The molecular formula is H2Li6O9P2. The van der Waals surface area contributed by atoms with E-state index < -0.39 is 15.6 Å². The van der Waals surface area contributed by atoms with Crippen LogP contribution in [0.25, 0.3) is 0 Å². The van der Waals surface area contributed by atoms with Crippen molar-refractivity contribution in [3.8, 4) is 0 Å². The van der Waals surface area contributed by atoms with Crippen molar-refractivity contribution in [3.05, 3.63) is 0 Å². The third-order valence-corrected chi connectivity index (χ3v) is 0. The van der Waals surface area contributed by atoms with Crippen LogP contribution in [-0.4, -0.2) is 5.48 Å². The Morgan fingerprint density at radius 2 is 0.471 bits per heavy atom. The van der Waals surface area contributed by atoms with Crippen LogP contribution in [-0.2, 0) is 9.13 Å². The van der Waals surface area contributed by atoms with Gasteiger partial charge in [-0.1, -0.05) is 0 Å². The molecule has 0 unspecified atom stereocenters. The topological polar surface area (TPSA) is 204 Å². The molecule has 0 fully saturated rings. The SMILES string of the molecule is O.O=P([O-])([O-])[O-].O=P([O-])([O-])[O-].[Li+].[Li+].[Li+].[Li+].[Li+].[Li+]. The molecule has 0 aliphatic rings. The van der Waals surface area contributed by atoms with Crippen LogP contribution in [0.1, 0.15) is 0 Å². The monoisotopic (exact) mass is 250 g/mol. The molecule has 0 amide bonds. The Kier molecular flexibility index (Phi) is 96.5. The van der Waals surface area contributed by atoms with Crippen molar-refractivity contribution in [1.82, 2.24) is 0 Å². The van der Waals surface area contributed by atoms with E-state index in [-0.39, 0.29) is 119 Å². The summed E-state index contributed by atoms with van der Waals surface area (Å²) in [4.78, 5) is 51.3. The second-order valence-electron chi connectivity index (χ2n) is 0.894. The first-order valence-corrected chi connectivity index (χ1v) is 4.38. The maximum Gasteiger partial charge on any atom is 1.00 e. The molecule has 2 N–H and O–H groups in total. The van der Waals surface area contributed by atoms with Gasteiger partial charge in [-0.2, -0.15) is 15.6 Å². The van der Waals surface area contributed by atoms with Crippen molar-refractivity contribution >= 4 is 15.6 Å². The number of rotatable bonds is 0. The molecule has 0 aromatic carbocycles. The summed E-state index contributed by atoms with van der Waals surface area (Å²) in [5.74, 6) is 0. The van der Waals surface area contributed by atoms with Crippen molar-refractivity contribution in [2.24, 2.45) is 0 Å². The summed E-state index contributed by atoms with van der Waals surface area (Å²) >= 11 is 0. The van der Waals surface area contributed by atoms with Crippen molar-refractivity contribution in [3.63, 3.8) is 0 Å². The number of hydrogen-bond donors (Lipinski definition) is 0. The summed E-state index contributed by atoms with van der Waals surface area (Å²) in [6, 6.07) is 0. The molecule has 0 aromatic rings. The van der Waals surface area contributed by atoms with Gasteiger partial charge < -0.3 is 44.0 Å². The molecule has 0 spiro atoms. The number of hydrogen-bond acceptors (Lipinski definition) is 8. The van der Waals surface area contributed by atoms with Gasteiger partial charge in [-0.15, -0.1) is 0 Å². The van der Waals surface area contributed by atoms with Gasteiger partial charge in [-0.3, -0.25) is 0 Å². The van der Waals surface area contributed by atoms with E-state index in [9.17, 15) is 0 Å². The molecule has 0 aliphatic heterocycles. The summed E-state index contributed by atoms with van der Waals surface area (Å²) in [7, 11) is -10.8. The van der Waals surface area contributed by atoms with Gasteiger partial charge in [0.2, 0.25) is 0 Å². The van der Waals surface area contributed by atoms with Crippen LogP contribution >= 0.6 is 15.6 Å². The van der Waals surface area contributed by atoms with E-state index in [2.05, 4.69) is 0 Å². The van der Waals surface area contributed by atoms with Crippen molar-refractivity contribution in [2.75, 3.05) is 0 Å². The first-order chi connectivity index (χ1) is 4.00. The van der Waals surface area contributed by atoms with Gasteiger partial charge in [0.05, 0.1) is 0 Å². The van der Waals surface area contributed by atoms with Gasteiger partial charge in [0.25, 0.3) is 0 Å². The van der Waals surface area contributed by atoms with Crippen LogP contribution in [0.3, 0.4) is 0 Å². The molecule has 0 saturated carbocycles. The van der Waals surface area contributed by atoms with E-state index in [1.54, 1.807) is 0 Å². The third kappa shape index (κ3) is 440. The fraction of sp³-hybridized carbons (Fsp3) is 0. The summed E-state index contributed by atoms with van der Waals surface area (Å²) in [6.07, 6.45) is 0. The second-order valence-corrected chi connectivity index (χ2v) is 2.68. The summed E-state index contributed by atoms with van der Waals surface area (Å²) in [5.41, 5.74) is 0. The van der Waals surface area contributed by atoms with Gasteiger partial charge in [0.1, 0.15) is 0 Å². The summed E-state index contributed by atoms with van der Waals surface area (Å²) in [6.45, 7) is 0. The van der Waals surface area contributed by atoms with Crippen LogP contribution in [0.4, 0.5) is 0 Å². The molecule has 0 bridgehead atoms. The molecule has 9 nitrogen and oxygen atoms in total. The second kappa shape index (κ2) is 28.0. The van der Waals surface area contributed by atoms with Crippen molar-refractivity contribution < 1.29 is 157 Å². The quantitative estimate of drug-likeness (QED) is 0.297. The third-order valence-electron chi connectivity index (χ3n) is 0. The Balaban J connectivity index is -0.00000000762. The maximum atomic E-state index is 8.55. The Morgan fingerprint density at radius 3 is 0.471 bits per heavy atom. The average molecular weight is 250 g/mol. The van der Waals surface area contributed by atoms with E-state index in [0.717, 1.165) is 0 Å². The van der Waals surface area contributed by atoms with Crippen molar-refractivity contribution in [1.29, 1.82) is 0 Å². The van der Waals surface area contributed by atoms with Gasteiger partial charge in [0.15, 0.2) is 0 Å². The predicted molar refractivity (Wildman–Crippen MR) is 18.8 cm³/mol. The first kappa shape index (κ1) is 58.6. The van der Waals surface area contributed by atoms with Crippen LogP contribution in [0.5, 0.6) is 0 Å². The standard InChI is InChI=1S/6Li.2H3O4P.H2O/c;;;;;;2*1-5(2,3)4;/h;;;;;;2*(H3,1,2,3,4);1H2/q6*+1;;;/p-6. The van der Waals surface area contributed by atoms with Crippen LogP contribution in [0, 0.1) is 0 Å². The zero-order chi connectivity index (χ0) is 9.00. The average Bonchev–Trinajstić information content (AvgIpc) is 1.12. The molecule has 17 heavy (non-hydrogen) atoms. The fourth-order valence-electron chi connectivity index (χ4n) is 0. The van der Waals surface area contributed by atoms with E-state index >= 15 is 0 Å². The summed E-state index contributed by atoms with van der Waals surface area (Å²) in [5, 5.41) is 0. The molecule has 0 aromatic heterocycles. The van der Waals surface area contributed by atoms with E-state index in [1.807, 2.05) is 0 Å². The van der Waals surface area contributed by atoms with Gasteiger partial charge in [0, 0.05) is 0 Å². The van der Waals surface area contributed by atoms with Crippen LogP contribution in [0.15, 0.2) is 0 Å². The fourth-order valence-corrected chi connectivity index (χ4v) is 0. The van der Waals surface area contributed by atoms with Crippen molar-refractivity contribution in [2.45, 2.75) is 0 Å². The summed E-state index contributed by atoms with van der Waals surface area (Å²) < 4.78 is 17.1. The van der Waals surface area contributed by atoms with Gasteiger partial charge >= 0.3 is 113 Å². The zero-order valence-corrected chi connectivity index (χ0v) is 12.4. The molecule has 0 heterocycles. The zero-order valence-electron chi connectivity index (χ0n) is 10.7. The molecule has 0 radical (unpaired) electrons. The van der Waals surface area contributed by atoms with E-state index in [0.29, 0.717) is 0 Å². The molecule has 0 rings (SSSR count). The van der Waals surface area contributed by atoms with Gasteiger partial charge in [-0.05, 0) is 0 Å². The van der Waals surface area contributed by atoms with E-state index in [4.69, 9.17) is 38.5 Å². The normalized spacial score (nSPS) is 6.94. The minimum Gasteiger partial charge on any atom is -0.822 e. The number of phosphoric acid groups is 2. The Bertz CT molecular complexity index is 136. The molecule has 0 saturated heterocycles. The van der Waals surface area contributed by atoms with Crippen LogP contribution in [0.2, 0.25) is 0 Å². The molecular weight excluding hydrogens is 248 g/mol. The molecule has 72 valence electrons. The predicted octanol–water partition coefficient (Wildman–Crippen LogP) is -24.4. The Morgan fingerprint density at radius 1 is 0.471 bits per heavy atom. The Hall–Kier alpha value is 3.76. The first-order valence-electron chi connectivity index (χ1n) is 1.46. The maximum absolute atomic E-state index is 8.55. The largest absolute Gasteiger partial charge is 1.00 e. The smallest absolute Gasteiger partial charge is 0.822 e. The minimum atomic E-state index is -5.39. The molecule has 0 atom stereocenters. The Labute approximate surface area is 171 Å². The minimum absolute atomic E-state index is 0.